The second-order valence-corrected chi connectivity index (χ2v) is 5.01. The smallest absolute Gasteiger partial charge is 0.274 e. The molecule has 0 amide bonds. The zero-order chi connectivity index (χ0) is 12.3. The van der Waals surface area contributed by atoms with Crippen molar-refractivity contribution in [3.05, 3.63) is 35.9 Å². The van der Waals surface area contributed by atoms with Gasteiger partial charge in [-0.3, -0.25) is 5.10 Å². The summed E-state index contributed by atoms with van der Waals surface area (Å²) >= 11 is 0. The molecule has 0 aliphatic carbocycles. The minimum Gasteiger partial charge on any atom is -0.446 e. The van der Waals surface area contributed by atoms with Crippen LogP contribution in [0.3, 0.4) is 0 Å². The molecule has 0 fully saturated rings. The van der Waals surface area contributed by atoms with Crippen LogP contribution in [0.4, 0.5) is 0 Å². The number of aliphatic hydroxyl groups is 1. The van der Waals surface area contributed by atoms with Gasteiger partial charge >= 0.3 is 0 Å². The zero-order valence-electron chi connectivity index (χ0n) is 8.75. The summed E-state index contributed by atoms with van der Waals surface area (Å²) in [6, 6.07) is 2.70. The molecule has 0 unspecified atom stereocenters. The highest BCUT2D eigenvalue weighted by molar-refractivity contribution is 7.89. The van der Waals surface area contributed by atoms with Crippen molar-refractivity contribution in [2.45, 2.75) is 18.2 Å². The number of nitrogens with one attached hydrogen (secondary N) is 2. The van der Waals surface area contributed by atoms with Gasteiger partial charge in [-0.25, -0.2) is 13.1 Å². The molecule has 3 N–H and O–H groups in total. The van der Waals surface area contributed by atoms with Gasteiger partial charge in [0.2, 0.25) is 5.09 Å². The number of furan rings is 1. The summed E-state index contributed by atoms with van der Waals surface area (Å²) in [5.41, 5.74) is 0.711. The number of hydrogen-bond acceptors (Lipinski definition) is 5. The molecule has 2 heterocycles. The molecule has 0 atom stereocenters. The van der Waals surface area contributed by atoms with E-state index >= 15 is 0 Å². The van der Waals surface area contributed by atoms with Crippen LogP contribution in [-0.4, -0.2) is 23.7 Å². The Morgan fingerprint density at radius 2 is 2.29 bits per heavy atom. The number of nitrogens with zero attached hydrogens (tertiary/aromatic N) is 1. The van der Waals surface area contributed by atoms with Crippen molar-refractivity contribution in [3.63, 3.8) is 0 Å². The first-order chi connectivity index (χ1) is 8.12. The van der Waals surface area contributed by atoms with E-state index in [9.17, 15) is 8.42 Å². The van der Waals surface area contributed by atoms with Crippen LogP contribution in [0, 0.1) is 0 Å². The van der Waals surface area contributed by atoms with Gasteiger partial charge in [0.1, 0.15) is 12.4 Å². The van der Waals surface area contributed by atoms with Crippen LogP contribution >= 0.6 is 0 Å². The molecular formula is C9H11N3O4S. The number of aromatic nitrogens is 2. The summed E-state index contributed by atoms with van der Waals surface area (Å²) in [6.07, 6.45) is 3.10. The largest absolute Gasteiger partial charge is 0.446 e. The molecule has 0 saturated carbocycles. The Kier molecular flexibility index (Phi) is 3.27. The maximum atomic E-state index is 11.7. The van der Waals surface area contributed by atoms with E-state index in [-0.39, 0.29) is 24.0 Å². The number of aliphatic hydroxyl groups excluding tert-OH is 1. The lowest BCUT2D eigenvalue weighted by Crippen LogP contribution is -2.22. The quantitative estimate of drug-likeness (QED) is 0.697. The summed E-state index contributed by atoms with van der Waals surface area (Å²) in [6.45, 7) is -0.217. The van der Waals surface area contributed by atoms with E-state index in [1.165, 1.54) is 18.3 Å². The second kappa shape index (κ2) is 4.70. The van der Waals surface area contributed by atoms with Gasteiger partial charge < -0.3 is 9.52 Å². The van der Waals surface area contributed by atoms with Gasteiger partial charge in [-0.15, -0.1) is 0 Å². The lowest BCUT2D eigenvalue weighted by Gasteiger charge is -2.01. The Labute approximate surface area is 97.5 Å². The fourth-order valence-corrected chi connectivity index (χ4v) is 2.17. The molecule has 0 radical (unpaired) electrons. The Hall–Kier alpha value is -1.64. The highest BCUT2D eigenvalue weighted by atomic mass is 32.2. The predicted octanol–water partition coefficient (Wildman–Crippen LogP) is -0.0265. The second-order valence-electron chi connectivity index (χ2n) is 3.31. The van der Waals surface area contributed by atoms with E-state index in [0.717, 1.165) is 0 Å². The third kappa shape index (κ3) is 2.73. The zero-order valence-corrected chi connectivity index (χ0v) is 9.57. The normalized spacial score (nSPS) is 11.8. The van der Waals surface area contributed by atoms with Crippen molar-refractivity contribution in [2.75, 3.05) is 0 Å². The number of rotatable bonds is 5. The van der Waals surface area contributed by atoms with Crippen molar-refractivity contribution in [3.8, 4) is 0 Å². The van der Waals surface area contributed by atoms with E-state index < -0.39 is 10.0 Å². The SMILES string of the molecule is O=S(=O)(NCc1cn[nH]c1)c1ccc(CO)o1. The molecule has 92 valence electrons. The molecular weight excluding hydrogens is 246 g/mol. The molecule has 2 aromatic rings. The predicted molar refractivity (Wildman–Crippen MR) is 57.2 cm³/mol. The van der Waals surface area contributed by atoms with Gasteiger partial charge in [-0.2, -0.15) is 5.10 Å². The van der Waals surface area contributed by atoms with Crippen LogP contribution in [-0.2, 0) is 23.2 Å². The summed E-state index contributed by atoms with van der Waals surface area (Å²) in [4.78, 5) is 0. The van der Waals surface area contributed by atoms with Crippen molar-refractivity contribution < 1.29 is 17.9 Å². The standard InChI is InChI=1S/C9H11N3O4S/c13-6-8-1-2-9(16-8)17(14,15)12-5-7-3-10-11-4-7/h1-4,12-13H,5-6H2,(H,10,11). The monoisotopic (exact) mass is 257 g/mol. The lowest BCUT2D eigenvalue weighted by atomic mass is 10.4. The molecule has 0 aliphatic rings. The number of hydrogen-bond donors (Lipinski definition) is 3. The fourth-order valence-electron chi connectivity index (χ4n) is 1.21. The van der Waals surface area contributed by atoms with E-state index in [2.05, 4.69) is 14.9 Å². The Bertz CT molecular complexity index is 573. The summed E-state index contributed by atoms with van der Waals surface area (Å²) < 4.78 is 30.8. The van der Waals surface area contributed by atoms with E-state index in [1.54, 1.807) is 6.20 Å². The highest BCUT2D eigenvalue weighted by Crippen LogP contribution is 2.13. The van der Waals surface area contributed by atoms with E-state index in [1.807, 2.05) is 0 Å². The maximum absolute atomic E-state index is 11.7. The highest BCUT2D eigenvalue weighted by Gasteiger charge is 2.18. The van der Waals surface area contributed by atoms with Gasteiger partial charge in [-0.05, 0) is 12.1 Å². The molecule has 2 aromatic heterocycles. The minimum atomic E-state index is -3.70. The molecule has 0 bridgehead atoms. The Morgan fingerprint density at radius 1 is 1.47 bits per heavy atom. The van der Waals surface area contributed by atoms with Crippen molar-refractivity contribution in [1.29, 1.82) is 0 Å². The van der Waals surface area contributed by atoms with Gasteiger partial charge in [0, 0.05) is 18.3 Å². The average Bonchev–Trinajstić information content (AvgIpc) is 2.98. The van der Waals surface area contributed by atoms with E-state index in [0.29, 0.717) is 5.56 Å². The van der Waals surface area contributed by atoms with Crippen LogP contribution < -0.4 is 4.72 Å². The first-order valence-electron chi connectivity index (χ1n) is 4.79. The molecule has 0 saturated heterocycles. The van der Waals surface area contributed by atoms with Crippen molar-refractivity contribution >= 4 is 10.0 Å². The number of H-pyrrole nitrogens is 1. The first-order valence-corrected chi connectivity index (χ1v) is 6.27. The molecule has 0 aromatic carbocycles. The molecule has 2 rings (SSSR count). The Morgan fingerprint density at radius 3 is 2.88 bits per heavy atom. The summed E-state index contributed by atoms with van der Waals surface area (Å²) in [7, 11) is -3.70. The van der Waals surface area contributed by atoms with E-state index in [4.69, 9.17) is 9.52 Å². The van der Waals surface area contributed by atoms with Crippen LogP contribution in [0.15, 0.2) is 34.0 Å². The van der Waals surface area contributed by atoms with Crippen LogP contribution in [0.1, 0.15) is 11.3 Å². The lowest BCUT2D eigenvalue weighted by molar-refractivity contribution is 0.236. The van der Waals surface area contributed by atoms with Crippen LogP contribution in [0.2, 0.25) is 0 Å². The van der Waals surface area contributed by atoms with Gasteiger partial charge in [0.05, 0.1) is 6.20 Å². The first kappa shape index (κ1) is 11.8. The average molecular weight is 257 g/mol. The molecule has 0 spiro atoms. The van der Waals surface area contributed by atoms with Crippen LogP contribution in [0.25, 0.3) is 0 Å². The fraction of sp³-hybridized carbons (Fsp3) is 0.222. The van der Waals surface area contributed by atoms with Gasteiger partial charge in [0.25, 0.3) is 10.0 Å². The molecule has 0 aliphatic heterocycles. The van der Waals surface area contributed by atoms with Gasteiger partial charge in [0.15, 0.2) is 0 Å². The third-order valence-electron chi connectivity index (χ3n) is 2.08. The van der Waals surface area contributed by atoms with Crippen LogP contribution in [0.5, 0.6) is 0 Å². The molecule has 7 nitrogen and oxygen atoms in total. The van der Waals surface area contributed by atoms with Crippen molar-refractivity contribution in [2.24, 2.45) is 0 Å². The topological polar surface area (TPSA) is 108 Å². The minimum absolute atomic E-state index is 0.119. The molecule has 8 heteroatoms. The van der Waals surface area contributed by atoms with Crippen molar-refractivity contribution in [1.82, 2.24) is 14.9 Å². The maximum Gasteiger partial charge on any atom is 0.274 e. The number of aromatic amines is 1. The summed E-state index contributed by atoms with van der Waals surface area (Å²) in [5.74, 6) is 0.202. The van der Waals surface area contributed by atoms with Gasteiger partial charge in [-0.1, -0.05) is 0 Å². The Balaban J connectivity index is 2.08. The number of sulfonamides is 1. The third-order valence-corrected chi connectivity index (χ3v) is 3.35. The molecule has 17 heavy (non-hydrogen) atoms. The summed E-state index contributed by atoms with van der Waals surface area (Å²) in [5, 5.41) is 14.8.